The molecular formula is C28H29N3O4S2. The lowest BCUT2D eigenvalue weighted by Crippen LogP contribution is -2.28. The molecule has 0 aliphatic carbocycles. The molecule has 0 saturated heterocycles. The number of rotatable bonds is 7. The van der Waals surface area contributed by atoms with Crippen molar-refractivity contribution < 1.29 is 14.3 Å². The summed E-state index contributed by atoms with van der Waals surface area (Å²) in [5.74, 6) is 0.819. The van der Waals surface area contributed by atoms with Gasteiger partial charge in [0.2, 0.25) is 5.91 Å². The standard InChI is InChI=1S/C28H29N3O4S2/c1-16(2)22-13-18-23(14-35-22)37-26-25(18)27(33)31(20-11-7-5-9-17(20)3)28(30-26)36-15-24(32)29-19-10-6-8-12-21(19)34-4/h5-12,16,22H,13-15H2,1-4H3,(H,29,32)/t22-/m0/s1. The van der Waals surface area contributed by atoms with Crippen molar-refractivity contribution in [2.75, 3.05) is 18.2 Å². The first-order chi connectivity index (χ1) is 17.9. The highest BCUT2D eigenvalue weighted by Crippen LogP contribution is 2.36. The van der Waals surface area contributed by atoms with Crippen molar-refractivity contribution >= 4 is 44.9 Å². The molecule has 5 rings (SSSR count). The molecule has 3 heterocycles. The van der Waals surface area contributed by atoms with E-state index in [1.54, 1.807) is 23.8 Å². The molecule has 1 amide bonds. The monoisotopic (exact) mass is 535 g/mol. The number of benzene rings is 2. The number of aromatic nitrogens is 2. The van der Waals surface area contributed by atoms with Gasteiger partial charge < -0.3 is 14.8 Å². The van der Waals surface area contributed by atoms with Crippen molar-refractivity contribution in [2.45, 2.75) is 45.1 Å². The first kappa shape index (κ1) is 25.5. The van der Waals surface area contributed by atoms with Gasteiger partial charge in [-0.3, -0.25) is 14.2 Å². The molecule has 1 atom stereocenters. The molecular weight excluding hydrogens is 506 g/mol. The number of thioether (sulfide) groups is 1. The van der Waals surface area contributed by atoms with E-state index in [2.05, 4.69) is 19.2 Å². The average molecular weight is 536 g/mol. The van der Waals surface area contributed by atoms with Crippen molar-refractivity contribution in [3.05, 3.63) is 74.9 Å². The minimum atomic E-state index is -0.209. The van der Waals surface area contributed by atoms with Crippen LogP contribution in [0.3, 0.4) is 0 Å². The third kappa shape index (κ3) is 5.03. The van der Waals surface area contributed by atoms with E-state index in [-0.39, 0.29) is 23.3 Å². The van der Waals surface area contributed by atoms with Crippen LogP contribution in [0.25, 0.3) is 15.9 Å². The van der Waals surface area contributed by atoms with Crippen molar-refractivity contribution in [2.24, 2.45) is 5.92 Å². The molecule has 7 nitrogen and oxygen atoms in total. The summed E-state index contributed by atoms with van der Waals surface area (Å²) in [6.07, 6.45) is 0.773. The summed E-state index contributed by atoms with van der Waals surface area (Å²) < 4.78 is 13.1. The molecule has 0 bridgehead atoms. The maximum atomic E-state index is 14.1. The molecule has 37 heavy (non-hydrogen) atoms. The second-order valence-corrected chi connectivity index (χ2v) is 11.4. The van der Waals surface area contributed by atoms with Gasteiger partial charge in [0.05, 0.1) is 42.3 Å². The highest BCUT2D eigenvalue weighted by atomic mass is 32.2. The number of methoxy groups -OCH3 is 1. The quantitative estimate of drug-likeness (QED) is 0.245. The number of nitrogens with one attached hydrogen (secondary N) is 1. The summed E-state index contributed by atoms with van der Waals surface area (Å²) in [5.41, 5.74) is 3.27. The van der Waals surface area contributed by atoms with Crippen LogP contribution in [0, 0.1) is 12.8 Å². The SMILES string of the molecule is COc1ccccc1NC(=O)CSc1nc2sc3c(c2c(=O)n1-c1ccccc1C)C[C@@H](C(C)C)OC3. The summed E-state index contributed by atoms with van der Waals surface area (Å²) in [7, 11) is 1.56. The van der Waals surface area contributed by atoms with Gasteiger partial charge in [-0.15, -0.1) is 11.3 Å². The number of carbonyl (C=O) groups excluding carboxylic acids is 1. The number of para-hydroxylation sites is 3. The molecule has 0 spiro atoms. The zero-order chi connectivity index (χ0) is 26.1. The highest BCUT2D eigenvalue weighted by molar-refractivity contribution is 7.99. The van der Waals surface area contributed by atoms with E-state index < -0.39 is 0 Å². The fourth-order valence-electron chi connectivity index (χ4n) is 4.52. The van der Waals surface area contributed by atoms with Crippen LogP contribution in [0.4, 0.5) is 5.69 Å². The number of thiophene rings is 1. The van der Waals surface area contributed by atoms with Gasteiger partial charge in [0.1, 0.15) is 10.6 Å². The molecule has 1 aliphatic heterocycles. The van der Waals surface area contributed by atoms with Crippen molar-refractivity contribution in [3.8, 4) is 11.4 Å². The Balaban J connectivity index is 1.54. The average Bonchev–Trinajstić information content (AvgIpc) is 3.26. The molecule has 2 aromatic carbocycles. The van der Waals surface area contributed by atoms with Crippen LogP contribution in [-0.4, -0.2) is 34.4 Å². The number of nitrogens with zero attached hydrogens (tertiary/aromatic N) is 2. The van der Waals surface area contributed by atoms with Crippen LogP contribution in [-0.2, 0) is 22.6 Å². The van der Waals surface area contributed by atoms with Crippen LogP contribution >= 0.6 is 23.1 Å². The van der Waals surface area contributed by atoms with Crippen LogP contribution in [0.5, 0.6) is 5.75 Å². The summed E-state index contributed by atoms with van der Waals surface area (Å²) in [5, 5.41) is 4.05. The normalized spacial score (nSPS) is 15.1. The first-order valence-electron chi connectivity index (χ1n) is 12.2. The number of hydrogen-bond donors (Lipinski definition) is 1. The predicted molar refractivity (Wildman–Crippen MR) is 149 cm³/mol. The summed E-state index contributed by atoms with van der Waals surface area (Å²) >= 11 is 2.76. The lowest BCUT2D eigenvalue weighted by atomic mass is 9.96. The largest absolute Gasteiger partial charge is 0.495 e. The van der Waals surface area contributed by atoms with E-state index in [0.29, 0.717) is 45.8 Å². The molecule has 0 saturated carbocycles. The zero-order valence-electron chi connectivity index (χ0n) is 21.2. The van der Waals surface area contributed by atoms with Gasteiger partial charge in [-0.05, 0) is 42.2 Å². The summed E-state index contributed by atoms with van der Waals surface area (Å²) in [6, 6.07) is 15.0. The Labute approximate surface area is 223 Å². The number of amides is 1. The smallest absolute Gasteiger partial charge is 0.267 e. The minimum Gasteiger partial charge on any atom is -0.495 e. The van der Waals surface area contributed by atoms with Gasteiger partial charge in [-0.2, -0.15) is 0 Å². The Kier molecular flexibility index (Phi) is 7.37. The molecule has 1 N–H and O–H groups in total. The molecule has 1 aliphatic rings. The predicted octanol–water partition coefficient (Wildman–Crippen LogP) is 5.59. The Morgan fingerprint density at radius 3 is 2.76 bits per heavy atom. The fourth-order valence-corrected chi connectivity index (χ4v) is 6.49. The van der Waals surface area contributed by atoms with Gasteiger partial charge in [0.25, 0.3) is 5.56 Å². The Morgan fingerprint density at radius 1 is 1.24 bits per heavy atom. The number of ether oxygens (including phenoxy) is 2. The molecule has 0 radical (unpaired) electrons. The lowest BCUT2D eigenvalue weighted by Gasteiger charge is -2.26. The third-order valence-electron chi connectivity index (χ3n) is 6.52. The topological polar surface area (TPSA) is 82.5 Å². The van der Waals surface area contributed by atoms with E-state index in [9.17, 15) is 9.59 Å². The maximum absolute atomic E-state index is 14.1. The summed E-state index contributed by atoms with van der Waals surface area (Å²) in [4.78, 5) is 33.6. The van der Waals surface area contributed by atoms with Gasteiger partial charge in [0, 0.05) is 11.3 Å². The van der Waals surface area contributed by atoms with Crippen LogP contribution in [0.15, 0.2) is 58.5 Å². The van der Waals surface area contributed by atoms with E-state index in [1.165, 1.54) is 23.1 Å². The van der Waals surface area contributed by atoms with E-state index in [0.717, 1.165) is 21.7 Å². The number of fused-ring (bicyclic) bond motifs is 3. The van der Waals surface area contributed by atoms with Gasteiger partial charge in [-0.1, -0.05) is 55.9 Å². The maximum Gasteiger partial charge on any atom is 0.267 e. The zero-order valence-corrected chi connectivity index (χ0v) is 22.9. The number of hydrogen-bond acceptors (Lipinski definition) is 7. The highest BCUT2D eigenvalue weighted by Gasteiger charge is 2.29. The fraction of sp³-hybridized carbons (Fsp3) is 0.321. The molecule has 2 aromatic heterocycles. The first-order valence-corrected chi connectivity index (χ1v) is 14.0. The minimum absolute atomic E-state index is 0.0735. The summed E-state index contributed by atoms with van der Waals surface area (Å²) in [6.45, 7) is 6.74. The van der Waals surface area contributed by atoms with Gasteiger partial charge >= 0.3 is 0 Å². The van der Waals surface area contributed by atoms with E-state index in [1.807, 2.05) is 43.3 Å². The molecule has 0 unspecified atom stereocenters. The van der Waals surface area contributed by atoms with E-state index in [4.69, 9.17) is 14.5 Å². The Bertz CT molecular complexity index is 1530. The van der Waals surface area contributed by atoms with Crippen molar-refractivity contribution in [3.63, 3.8) is 0 Å². The molecule has 4 aromatic rings. The van der Waals surface area contributed by atoms with Crippen LogP contribution in [0.2, 0.25) is 0 Å². The second-order valence-electron chi connectivity index (χ2n) is 9.34. The van der Waals surface area contributed by atoms with E-state index >= 15 is 0 Å². The van der Waals surface area contributed by atoms with Crippen molar-refractivity contribution in [1.29, 1.82) is 0 Å². The second kappa shape index (κ2) is 10.7. The molecule has 192 valence electrons. The Hall–Kier alpha value is -3.14. The Morgan fingerprint density at radius 2 is 2.00 bits per heavy atom. The van der Waals surface area contributed by atoms with Crippen LogP contribution < -0.4 is 15.6 Å². The van der Waals surface area contributed by atoms with Crippen molar-refractivity contribution in [1.82, 2.24) is 9.55 Å². The third-order valence-corrected chi connectivity index (χ3v) is 8.56. The number of aryl methyl sites for hydroxylation is 1. The number of carbonyl (C=O) groups is 1. The number of anilines is 1. The molecule has 9 heteroatoms. The lowest BCUT2D eigenvalue weighted by molar-refractivity contribution is -0.113. The van der Waals surface area contributed by atoms with Gasteiger partial charge in [-0.25, -0.2) is 4.98 Å². The van der Waals surface area contributed by atoms with Gasteiger partial charge in [0.15, 0.2) is 5.16 Å². The molecule has 0 fully saturated rings. The van der Waals surface area contributed by atoms with Crippen LogP contribution in [0.1, 0.15) is 29.9 Å².